The minimum atomic E-state index is -3.55. The third-order valence-electron chi connectivity index (χ3n) is 2.98. The van der Waals surface area contributed by atoms with Crippen molar-refractivity contribution in [2.45, 2.75) is 4.90 Å². The van der Waals surface area contributed by atoms with Crippen LogP contribution in [0.3, 0.4) is 0 Å². The maximum absolute atomic E-state index is 12.1. The van der Waals surface area contributed by atoms with E-state index in [0.717, 1.165) is 6.07 Å². The number of carboxylic acids is 1. The van der Waals surface area contributed by atoms with Crippen LogP contribution >= 0.6 is 11.6 Å². The predicted molar refractivity (Wildman–Crippen MR) is 84.1 cm³/mol. The summed E-state index contributed by atoms with van der Waals surface area (Å²) < 4.78 is 29.5. The van der Waals surface area contributed by atoms with Crippen molar-refractivity contribution in [1.29, 1.82) is 0 Å². The molecule has 6 nitrogen and oxygen atoms in total. The zero-order valence-corrected chi connectivity index (χ0v) is 13.3. The Balaban J connectivity index is 2.02. The molecule has 0 aromatic heterocycles. The van der Waals surface area contributed by atoms with Gasteiger partial charge in [0.1, 0.15) is 23.7 Å². The van der Waals surface area contributed by atoms with Gasteiger partial charge in [0.05, 0.1) is 10.6 Å². The second kappa shape index (κ2) is 6.89. The van der Waals surface area contributed by atoms with Crippen LogP contribution in [0.15, 0.2) is 47.4 Å². The molecule has 0 spiro atoms. The van der Waals surface area contributed by atoms with Gasteiger partial charge in [0.25, 0.3) is 0 Å². The quantitative estimate of drug-likeness (QED) is 0.825. The van der Waals surface area contributed by atoms with Crippen molar-refractivity contribution in [2.75, 3.05) is 12.4 Å². The van der Waals surface area contributed by atoms with Crippen LogP contribution in [0.1, 0.15) is 10.4 Å². The fraction of sp³-hybridized carbons (Fsp3) is 0.133. The average molecular weight is 357 g/mol. The van der Waals surface area contributed by atoms with Crippen molar-refractivity contribution in [3.8, 4) is 11.5 Å². The van der Waals surface area contributed by atoms with Crippen molar-refractivity contribution in [2.24, 2.45) is 0 Å². The zero-order valence-electron chi connectivity index (χ0n) is 11.8. The highest BCUT2D eigenvalue weighted by molar-refractivity contribution is 7.91. The summed E-state index contributed by atoms with van der Waals surface area (Å²) in [6.07, 6.45) is 0. The van der Waals surface area contributed by atoms with Crippen LogP contribution in [-0.2, 0) is 9.84 Å². The summed E-state index contributed by atoms with van der Waals surface area (Å²) in [6.45, 7) is -0.152. The number of benzene rings is 2. The van der Waals surface area contributed by atoms with Crippen LogP contribution in [0.5, 0.6) is 11.5 Å². The molecule has 122 valence electrons. The highest BCUT2D eigenvalue weighted by Crippen LogP contribution is 2.24. The molecule has 2 N–H and O–H groups in total. The van der Waals surface area contributed by atoms with Crippen LogP contribution in [0.25, 0.3) is 0 Å². The Morgan fingerprint density at radius 2 is 1.91 bits per heavy atom. The summed E-state index contributed by atoms with van der Waals surface area (Å²) in [5.41, 5.74) is -0.260. The standard InChI is InChI=1S/C15H13ClO6S/c16-10-2-1-3-12(8-10)23(20,21)7-6-22-11-4-5-13(15(18)19)14(17)9-11/h1-5,8-9,17H,6-7H2,(H,18,19). The minimum Gasteiger partial charge on any atom is -0.507 e. The summed E-state index contributed by atoms with van der Waals surface area (Å²) in [6, 6.07) is 9.55. The first-order chi connectivity index (χ1) is 10.8. The van der Waals surface area contributed by atoms with E-state index in [1.807, 2.05) is 0 Å². The number of halogens is 1. The normalized spacial score (nSPS) is 11.2. The molecule has 0 saturated heterocycles. The van der Waals surface area contributed by atoms with Gasteiger partial charge < -0.3 is 14.9 Å². The van der Waals surface area contributed by atoms with E-state index in [9.17, 15) is 18.3 Å². The first-order valence-electron chi connectivity index (χ1n) is 6.47. The SMILES string of the molecule is O=C(O)c1ccc(OCCS(=O)(=O)c2cccc(Cl)c2)cc1O. The molecule has 0 bridgehead atoms. The largest absolute Gasteiger partial charge is 0.507 e. The summed E-state index contributed by atoms with van der Waals surface area (Å²) in [7, 11) is -3.55. The van der Waals surface area contributed by atoms with Crippen molar-refractivity contribution in [3.05, 3.63) is 53.1 Å². The molecule has 23 heavy (non-hydrogen) atoms. The second-order valence-electron chi connectivity index (χ2n) is 4.61. The molecule has 2 aromatic rings. The Bertz CT molecular complexity index is 832. The molecule has 0 atom stereocenters. The molecule has 0 fully saturated rings. The monoisotopic (exact) mass is 356 g/mol. The average Bonchev–Trinajstić information content (AvgIpc) is 2.46. The van der Waals surface area contributed by atoms with E-state index in [0.29, 0.717) is 5.02 Å². The molecule has 0 saturated carbocycles. The van der Waals surface area contributed by atoms with E-state index < -0.39 is 21.6 Å². The van der Waals surface area contributed by atoms with Gasteiger partial charge in [-0.3, -0.25) is 0 Å². The third-order valence-corrected chi connectivity index (χ3v) is 4.89. The lowest BCUT2D eigenvalue weighted by molar-refractivity contribution is 0.0693. The topological polar surface area (TPSA) is 101 Å². The number of aromatic carboxylic acids is 1. The molecular formula is C15H13ClO6S. The third kappa shape index (κ3) is 4.37. The van der Waals surface area contributed by atoms with Crippen LogP contribution in [0, 0.1) is 0 Å². The number of phenols is 1. The maximum atomic E-state index is 12.1. The van der Waals surface area contributed by atoms with Gasteiger partial charge in [0.15, 0.2) is 9.84 Å². The maximum Gasteiger partial charge on any atom is 0.339 e. The molecule has 2 aromatic carbocycles. The lowest BCUT2D eigenvalue weighted by Crippen LogP contribution is -2.14. The fourth-order valence-corrected chi connectivity index (χ4v) is 3.22. The fourth-order valence-electron chi connectivity index (χ4n) is 1.83. The lowest BCUT2D eigenvalue weighted by atomic mass is 10.2. The Hall–Kier alpha value is -2.25. The van der Waals surface area contributed by atoms with Gasteiger partial charge in [-0.15, -0.1) is 0 Å². The van der Waals surface area contributed by atoms with Gasteiger partial charge >= 0.3 is 5.97 Å². The van der Waals surface area contributed by atoms with Crippen molar-refractivity contribution in [1.82, 2.24) is 0 Å². The Morgan fingerprint density at radius 3 is 2.52 bits per heavy atom. The van der Waals surface area contributed by atoms with Gasteiger partial charge in [0.2, 0.25) is 0 Å². The number of aromatic hydroxyl groups is 1. The molecule has 0 amide bonds. The van der Waals surface area contributed by atoms with Crippen molar-refractivity contribution >= 4 is 27.4 Å². The van der Waals surface area contributed by atoms with Crippen LogP contribution < -0.4 is 4.74 Å². The summed E-state index contributed by atoms with van der Waals surface area (Å²) in [5.74, 6) is -1.83. The van der Waals surface area contributed by atoms with Gasteiger partial charge in [-0.05, 0) is 30.3 Å². The summed E-state index contributed by atoms with van der Waals surface area (Å²) in [4.78, 5) is 10.9. The number of carbonyl (C=O) groups is 1. The molecule has 0 aliphatic heterocycles. The first kappa shape index (κ1) is 17.1. The first-order valence-corrected chi connectivity index (χ1v) is 8.50. The van der Waals surface area contributed by atoms with E-state index in [4.69, 9.17) is 21.4 Å². The number of rotatable bonds is 6. The lowest BCUT2D eigenvalue weighted by Gasteiger charge is -2.09. The van der Waals surface area contributed by atoms with Gasteiger partial charge in [-0.1, -0.05) is 17.7 Å². The van der Waals surface area contributed by atoms with Crippen LogP contribution in [0.4, 0.5) is 0 Å². The van der Waals surface area contributed by atoms with E-state index >= 15 is 0 Å². The van der Waals surface area contributed by atoms with Crippen LogP contribution in [0.2, 0.25) is 5.02 Å². The molecule has 2 rings (SSSR count). The Morgan fingerprint density at radius 1 is 1.17 bits per heavy atom. The zero-order chi connectivity index (χ0) is 17.0. The molecular weight excluding hydrogens is 344 g/mol. The summed E-state index contributed by atoms with van der Waals surface area (Å²) >= 11 is 5.77. The second-order valence-corrected chi connectivity index (χ2v) is 7.15. The van der Waals surface area contributed by atoms with Gasteiger partial charge in [-0.25, -0.2) is 13.2 Å². The molecule has 0 unspecified atom stereocenters. The number of hydrogen-bond donors (Lipinski definition) is 2. The van der Waals surface area contributed by atoms with Crippen LogP contribution in [-0.4, -0.2) is 37.0 Å². The molecule has 8 heteroatoms. The highest BCUT2D eigenvalue weighted by Gasteiger charge is 2.15. The Labute approximate surface area is 137 Å². The van der Waals surface area contributed by atoms with E-state index in [2.05, 4.69) is 0 Å². The molecule has 0 radical (unpaired) electrons. The number of carboxylic acid groups (broad SMARTS) is 1. The van der Waals surface area contributed by atoms with E-state index in [1.54, 1.807) is 12.1 Å². The van der Waals surface area contributed by atoms with Gasteiger partial charge in [0, 0.05) is 11.1 Å². The number of ether oxygens (including phenoxy) is 1. The van der Waals surface area contributed by atoms with E-state index in [1.165, 1.54) is 24.3 Å². The number of hydrogen-bond acceptors (Lipinski definition) is 5. The van der Waals surface area contributed by atoms with E-state index in [-0.39, 0.29) is 28.6 Å². The van der Waals surface area contributed by atoms with Gasteiger partial charge in [-0.2, -0.15) is 0 Å². The number of sulfone groups is 1. The smallest absolute Gasteiger partial charge is 0.339 e. The van der Waals surface area contributed by atoms with Crippen molar-refractivity contribution < 1.29 is 28.2 Å². The predicted octanol–water partition coefficient (Wildman–Crippen LogP) is 2.60. The minimum absolute atomic E-state index is 0.0951. The molecule has 0 heterocycles. The molecule has 0 aliphatic carbocycles. The highest BCUT2D eigenvalue weighted by atomic mass is 35.5. The Kier molecular flexibility index (Phi) is 5.12. The summed E-state index contributed by atoms with van der Waals surface area (Å²) in [5, 5.41) is 18.7. The molecule has 0 aliphatic rings. The van der Waals surface area contributed by atoms with Crippen molar-refractivity contribution in [3.63, 3.8) is 0 Å².